The van der Waals surface area contributed by atoms with E-state index in [2.05, 4.69) is 217 Å². The molecule has 0 saturated heterocycles. The number of rotatable bonds is 9. The third kappa shape index (κ3) is 7.66. The highest BCUT2D eigenvalue weighted by atomic mass is 15.1. The van der Waals surface area contributed by atoms with Crippen LogP contribution in [0.4, 0.5) is 17.1 Å². The first-order chi connectivity index (χ1) is 34.1. The summed E-state index contributed by atoms with van der Waals surface area (Å²) in [5.41, 5.74) is 18.9. The minimum Gasteiger partial charge on any atom is -0.383 e. The van der Waals surface area contributed by atoms with Crippen molar-refractivity contribution in [1.82, 2.24) is 4.57 Å². The predicted molar refractivity (Wildman–Crippen MR) is 292 cm³/mol. The molecular formula is C64H47N5. The zero-order chi connectivity index (χ0) is 46.3. The van der Waals surface area contributed by atoms with Crippen LogP contribution in [0, 0.1) is 0 Å². The molecule has 1 unspecified atom stereocenters. The van der Waals surface area contributed by atoms with Crippen LogP contribution < -0.4 is 10.6 Å². The van der Waals surface area contributed by atoms with Crippen molar-refractivity contribution in [2.45, 2.75) is 13.0 Å². The number of hydrogen-bond acceptors (Lipinski definition) is 2. The molecule has 0 bridgehead atoms. The molecule has 1 aromatic heterocycles. The molecular weight excluding hydrogens is 839 g/mol. The molecule has 12 rings (SSSR count). The Kier molecular flexibility index (Phi) is 10.6. The Hall–Kier alpha value is -9.06. The molecule has 2 N–H and O–H groups in total. The minimum absolute atomic E-state index is 0.112. The van der Waals surface area contributed by atoms with Gasteiger partial charge in [0.05, 0.1) is 17.1 Å². The highest BCUT2D eigenvalue weighted by molar-refractivity contribution is 6.27. The van der Waals surface area contributed by atoms with E-state index in [1.54, 1.807) is 0 Å². The van der Waals surface area contributed by atoms with Crippen LogP contribution in [-0.2, 0) is 0 Å². The monoisotopic (exact) mass is 885 g/mol. The summed E-state index contributed by atoms with van der Waals surface area (Å²) in [6, 6.07) is 88.0. The fourth-order valence-electron chi connectivity index (χ4n) is 10.0. The van der Waals surface area contributed by atoms with E-state index in [1.807, 2.05) is 48.5 Å². The van der Waals surface area contributed by atoms with Gasteiger partial charge in [-0.15, -0.1) is 0 Å². The van der Waals surface area contributed by atoms with Crippen molar-refractivity contribution < 1.29 is 0 Å². The number of hydrogen-bond donors (Lipinski definition) is 1. The smallest absolute Gasteiger partial charge is 0.157 e. The lowest BCUT2D eigenvalue weighted by molar-refractivity contribution is 0.818. The van der Waals surface area contributed by atoms with Crippen LogP contribution in [0.5, 0.6) is 0 Å². The van der Waals surface area contributed by atoms with Gasteiger partial charge in [-0.2, -0.15) is 0 Å². The molecule has 1 atom stereocenters. The van der Waals surface area contributed by atoms with Crippen molar-refractivity contribution in [1.29, 1.82) is 0 Å². The second-order valence-electron chi connectivity index (χ2n) is 17.6. The Morgan fingerprint density at radius 2 is 0.913 bits per heavy atom. The molecule has 0 saturated carbocycles. The third-order valence-electron chi connectivity index (χ3n) is 13.4. The number of nitrogens with zero attached hydrogens (tertiary/aromatic N) is 4. The second kappa shape index (κ2) is 17.6. The van der Waals surface area contributed by atoms with Crippen LogP contribution in [0.25, 0.3) is 70.9 Å². The molecule has 0 spiro atoms. The normalized spacial score (nSPS) is 12.6. The Bertz CT molecular complexity index is 3860. The summed E-state index contributed by atoms with van der Waals surface area (Å²) in [6.07, 6.45) is 0. The molecule has 328 valence electrons. The average Bonchev–Trinajstić information content (AvgIpc) is 3.75. The number of anilines is 3. The quantitative estimate of drug-likeness (QED) is 0.0892. The molecule has 0 radical (unpaired) electrons. The first-order valence-corrected chi connectivity index (χ1v) is 23.5. The lowest BCUT2D eigenvalue weighted by Crippen LogP contribution is -2.16. The number of nitrogens with two attached hydrogens (primary N) is 1. The number of para-hydroxylation sites is 3. The molecule has 0 aliphatic heterocycles. The van der Waals surface area contributed by atoms with Crippen molar-refractivity contribution in [2.75, 3.05) is 4.90 Å². The molecule has 5 heteroatoms. The van der Waals surface area contributed by atoms with Crippen LogP contribution in [0.2, 0.25) is 0 Å². The number of benzene rings is 11. The van der Waals surface area contributed by atoms with Gasteiger partial charge in [0.25, 0.3) is 0 Å². The summed E-state index contributed by atoms with van der Waals surface area (Å²) in [7, 11) is 0. The second-order valence-corrected chi connectivity index (χ2v) is 17.6. The fourth-order valence-corrected chi connectivity index (χ4v) is 10.0. The van der Waals surface area contributed by atoms with E-state index < -0.39 is 0 Å². The van der Waals surface area contributed by atoms with Gasteiger partial charge in [-0.25, -0.2) is 4.99 Å². The molecule has 12 aromatic rings. The number of amidine groups is 2. The summed E-state index contributed by atoms with van der Waals surface area (Å²) >= 11 is 0. The van der Waals surface area contributed by atoms with Crippen molar-refractivity contribution in [3.05, 3.63) is 265 Å². The SMILES string of the molecule is CC(N=C(N=C(N)c1ccc2c3ccccc3c3ccc(-n4c5ccccc5c5cc(-c6ccc(N(c7ccccc7)c7ccccc7)cc6)ccc54)cc3c2c1)c1ccccc1)c1ccccc1. The molecule has 1 heterocycles. The van der Waals surface area contributed by atoms with Gasteiger partial charge in [0.1, 0.15) is 5.84 Å². The van der Waals surface area contributed by atoms with E-state index in [9.17, 15) is 0 Å². The predicted octanol–water partition coefficient (Wildman–Crippen LogP) is 16.3. The van der Waals surface area contributed by atoms with Crippen LogP contribution in [0.3, 0.4) is 0 Å². The van der Waals surface area contributed by atoms with Gasteiger partial charge in [0, 0.05) is 44.6 Å². The molecule has 5 nitrogen and oxygen atoms in total. The number of fused-ring (bicyclic) bond motifs is 9. The molecule has 69 heavy (non-hydrogen) atoms. The van der Waals surface area contributed by atoms with Crippen molar-refractivity contribution in [3.63, 3.8) is 0 Å². The van der Waals surface area contributed by atoms with Gasteiger partial charge in [-0.05, 0) is 129 Å². The number of aromatic nitrogens is 1. The molecule has 0 aliphatic carbocycles. The van der Waals surface area contributed by atoms with E-state index in [1.165, 1.54) is 32.5 Å². The zero-order valence-corrected chi connectivity index (χ0v) is 38.1. The first-order valence-electron chi connectivity index (χ1n) is 23.5. The molecule has 0 amide bonds. The Morgan fingerprint density at radius 3 is 1.58 bits per heavy atom. The standard InChI is InChI=1S/C64H47N5/c1-43(44-18-6-2-7-19-44)66-64(46-20-8-3-9-21-46)67-63(65)48-32-37-55-53-26-14-15-27-54(53)56-38-36-52(42-59(56)58(55)41-48)69-61-29-17-16-28-57(61)60-40-47(33-39-62(60)69)45-30-34-51(35-31-45)68(49-22-10-4-11-23-49)50-24-12-5-13-25-50/h2-43H,1H3,(H2,65,66,67). The maximum atomic E-state index is 7.01. The summed E-state index contributed by atoms with van der Waals surface area (Å²) < 4.78 is 2.41. The van der Waals surface area contributed by atoms with Crippen LogP contribution in [-0.4, -0.2) is 16.2 Å². The van der Waals surface area contributed by atoms with Gasteiger partial charge < -0.3 is 15.2 Å². The van der Waals surface area contributed by atoms with Gasteiger partial charge in [-0.3, -0.25) is 4.99 Å². The molecule has 11 aromatic carbocycles. The average molecular weight is 886 g/mol. The Balaban J connectivity index is 0.967. The Labute approximate surface area is 401 Å². The third-order valence-corrected chi connectivity index (χ3v) is 13.4. The molecule has 0 aliphatic rings. The van der Waals surface area contributed by atoms with Crippen molar-refractivity contribution in [2.24, 2.45) is 15.7 Å². The first kappa shape index (κ1) is 41.4. The van der Waals surface area contributed by atoms with Gasteiger partial charge in [0.15, 0.2) is 5.84 Å². The fraction of sp³-hybridized carbons (Fsp3) is 0.0312. The summed E-state index contributed by atoms with van der Waals surface area (Å²) in [4.78, 5) is 12.5. The summed E-state index contributed by atoms with van der Waals surface area (Å²) in [5.74, 6) is 1.01. The van der Waals surface area contributed by atoms with Crippen LogP contribution in [0.1, 0.15) is 29.7 Å². The largest absolute Gasteiger partial charge is 0.383 e. The molecule has 0 fully saturated rings. The van der Waals surface area contributed by atoms with Crippen LogP contribution in [0.15, 0.2) is 259 Å². The highest BCUT2D eigenvalue weighted by Crippen LogP contribution is 2.41. The van der Waals surface area contributed by atoms with E-state index >= 15 is 0 Å². The minimum atomic E-state index is -0.112. The van der Waals surface area contributed by atoms with Gasteiger partial charge in [-0.1, -0.05) is 176 Å². The number of aliphatic imine (C=N–C) groups is 2. The van der Waals surface area contributed by atoms with E-state index in [0.29, 0.717) is 11.7 Å². The zero-order valence-electron chi connectivity index (χ0n) is 38.1. The van der Waals surface area contributed by atoms with Crippen LogP contribution >= 0.6 is 0 Å². The maximum absolute atomic E-state index is 7.01. The van der Waals surface area contributed by atoms with Gasteiger partial charge in [0.2, 0.25) is 0 Å². The van der Waals surface area contributed by atoms with Crippen molar-refractivity contribution >= 4 is 82.9 Å². The topological polar surface area (TPSA) is 58.9 Å². The lowest BCUT2D eigenvalue weighted by Gasteiger charge is -2.25. The van der Waals surface area contributed by atoms with E-state index in [4.69, 9.17) is 15.7 Å². The van der Waals surface area contributed by atoms with Gasteiger partial charge >= 0.3 is 0 Å². The Morgan fingerprint density at radius 1 is 0.406 bits per heavy atom. The lowest BCUT2D eigenvalue weighted by atomic mass is 9.92. The highest BCUT2D eigenvalue weighted by Gasteiger charge is 2.18. The summed E-state index contributed by atoms with van der Waals surface area (Å²) in [5, 5.41) is 9.42. The summed E-state index contributed by atoms with van der Waals surface area (Å²) in [6.45, 7) is 2.09. The van der Waals surface area contributed by atoms with Crippen molar-refractivity contribution in [3.8, 4) is 16.8 Å². The van der Waals surface area contributed by atoms with E-state index in [-0.39, 0.29) is 6.04 Å². The maximum Gasteiger partial charge on any atom is 0.157 e. The van der Waals surface area contributed by atoms with E-state index in [0.717, 1.165) is 72.2 Å².